The Kier molecular flexibility index (Phi) is 4.83. The molecule has 0 aromatic heterocycles. The van der Waals surface area contributed by atoms with Crippen molar-refractivity contribution in [2.24, 2.45) is 5.92 Å². The minimum absolute atomic E-state index is 0.00953. The largest absolute Gasteiger partial charge is 0.497 e. The molecule has 2 amide bonds. The van der Waals surface area contributed by atoms with Gasteiger partial charge in [0.1, 0.15) is 5.75 Å². The van der Waals surface area contributed by atoms with E-state index in [1.807, 2.05) is 38.1 Å². The number of nitrogens with one attached hydrogen (secondary N) is 1. The van der Waals surface area contributed by atoms with Gasteiger partial charge in [0.2, 0.25) is 11.8 Å². The molecule has 0 saturated carbocycles. The fourth-order valence-electron chi connectivity index (χ4n) is 2.49. The maximum atomic E-state index is 12.1. The second kappa shape index (κ2) is 6.61. The van der Waals surface area contributed by atoms with Gasteiger partial charge in [0, 0.05) is 31.1 Å². The van der Waals surface area contributed by atoms with Crippen molar-refractivity contribution in [1.29, 1.82) is 0 Å². The number of anilines is 1. The Hall–Kier alpha value is -2.04. The molecule has 1 N–H and O–H groups in total. The van der Waals surface area contributed by atoms with Crippen molar-refractivity contribution in [3.63, 3.8) is 0 Å². The molecule has 1 aromatic carbocycles. The van der Waals surface area contributed by atoms with Gasteiger partial charge in [-0.3, -0.25) is 9.59 Å². The van der Waals surface area contributed by atoms with Crippen LogP contribution >= 0.6 is 0 Å². The van der Waals surface area contributed by atoms with E-state index < -0.39 is 0 Å². The quantitative estimate of drug-likeness (QED) is 0.902. The monoisotopic (exact) mass is 290 g/mol. The van der Waals surface area contributed by atoms with Crippen LogP contribution in [0.1, 0.15) is 26.7 Å². The molecule has 2 rings (SSSR count). The molecule has 0 aliphatic carbocycles. The van der Waals surface area contributed by atoms with E-state index in [1.165, 1.54) is 0 Å². The summed E-state index contributed by atoms with van der Waals surface area (Å²) in [5.41, 5.74) is 0.806. The predicted octanol–water partition coefficient (Wildman–Crippen LogP) is 1.96. The van der Waals surface area contributed by atoms with Crippen molar-refractivity contribution in [3.8, 4) is 5.75 Å². The minimum Gasteiger partial charge on any atom is -0.497 e. The Balaban J connectivity index is 2.00. The summed E-state index contributed by atoms with van der Waals surface area (Å²) in [5, 5.41) is 2.94. The van der Waals surface area contributed by atoms with Crippen molar-refractivity contribution in [1.82, 2.24) is 5.32 Å². The summed E-state index contributed by atoms with van der Waals surface area (Å²) < 4.78 is 5.18. The molecule has 1 aromatic rings. The highest BCUT2D eigenvalue weighted by Gasteiger charge is 2.31. The number of rotatable bonds is 5. The van der Waals surface area contributed by atoms with Gasteiger partial charge in [0.05, 0.1) is 13.2 Å². The van der Waals surface area contributed by atoms with E-state index in [0.717, 1.165) is 5.69 Å². The zero-order chi connectivity index (χ0) is 15.4. The average molecular weight is 290 g/mol. The van der Waals surface area contributed by atoms with E-state index in [9.17, 15) is 9.59 Å². The van der Waals surface area contributed by atoms with Crippen molar-refractivity contribution in [2.75, 3.05) is 18.6 Å². The maximum absolute atomic E-state index is 12.1. The lowest BCUT2D eigenvalue weighted by molar-refractivity contribution is -0.122. The molecule has 21 heavy (non-hydrogen) atoms. The lowest BCUT2D eigenvalue weighted by atomic mass is 10.1. The van der Waals surface area contributed by atoms with Crippen molar-refractivity contribution in [3.05, 3.63) is 24.3 Å². The fraction of sp³-hybridized carbons (Fsp3) is 0.500. The van der Waals surface area contributed by atoms with Crippen LogP contribution in [0.2, 0.25) is 0 Å². The van der Waals surface area contributed by atoms with E-state index in [2.05, 4.69) is 5.32 Å². The maximum Gasteiger partial charge on any atom is 0.229 e. The normalized spacial score (nSPS) is 18.2. The van der Waals surface area contributed by atoms with E-state index in [0.29, 0.717) is 31.1 Å². The van der Waals surface area contributed by atoms with Gasteiger partial charge in [-0.1, -0.05) is 19.9 Å². The molecule has 0 unspecified atom stereocenters. The first-order valence-electron chi connectivity index (χ1n) is 7.23. The summed E-state index contributed by atoms with van der Waals surface area (Å²) in [6.45, 7) is 4.51. The molecule has 1 saturated heterocycles. The number of ether oxygens (including phenoxy) is 1. The molecule has 5 nitrogen and oxygen atoms in total. The molecule has 0 radical (unpaired) electrons. The smallest absolute Gasteiger partial charge is 0.229 e. The van der Waals surface area contributed by atoms with Crippen LogP contribution in [0.25, 0.3) is 0 Å². The van der Waals surface area contributed by atoms with Crippen molar-refractivity contribution in [2.45, 2.75) is 32.7 Å². The summed E-state index contributed by atoms with van der Waals surface area (Å²) >= 11 is 0. The van der Waals surface area contributed by atoms with Gasteiger partial charge < -0.3 is 15.0 Å². The Bertz CT molecular complexity index is 528. The summed E-state index contributed by atoms with van der Waals surface area (Å²) in [7, 11) is 1.60. The van der Waals surface area contributed by atoms with E-state index in [-0.39, 0.29) is 17.9 Å². The third-order valence-electron chi connectivity index (χ3n) is 3.45. The van der Waals surface area contributed by atoms with Gasteiger partial charge in [-0.25, -0.2) is 0 Å². The number of methoxy groups -OCH3 is 1. The first-order valence-corrected chi connectivity index (χ1v) is 7.23. The van der Waals surface area contributed by atoms with Crippen molar-refractivity contribution >= 4 is 17.5 Å². The van der Waals surface area contributed by atoms with Gasteiger partial charge in [-0.05, 0) is 18.1 Å². The molecule has 1 aliphatic rings. The van der Waals surface area contributed by atoms with Crippen LogP contribution in [0.15, 0.2) is 24.3 Å². The second-order valence-electron chi connectivity index (χ2n) is 5.77. The highest BCUT2D eigenvalue weighted by atomic mass is 16.5. The molecule has 0 bridgehead atoms. The molecule has 1 heterocycles. The topological polar surface area (TPSA) is 58.6 Å². The Labute approximate surface area is 125 Å². The molecular weight excluding hydrogens is 268 g/mol. The number of benzene rings is 1. The number of amides is 2. The summed E-state index contributed by atoms with van der Waals surface area (Å²) in [5.74, 6) is 1.07. The first kappa shape index (κ1) is 15.4. The summed E-state index contributed by atoms with van der Waals surface area (Å²) in [4.78, 5) is 25.6. The Morgan fingerprint density at radius 1 is 1.48 bits per heavy atom. The number of hydrogen-bond donors (Lipinski definition) is 1. The summed E-state index contributed by atoms with van der Waals surface area (Å²) in [6, 6.07) is 7.28. The van der Waals surface area contributed by atoms with Crippen LogP contribution in [0.4, 0.5) is 5.69 Å². The molecule has 1 atom stereocenters. The van der Waals surface area contributed by atoms with Crippen molar-refractivity contribution < 1.29 is 14.3 Å². The standard InChI is InChI=1S/C16H22N2O3/c1-11(2)7-15(19)17-12-8-16(20)18(10-12)13-5-4-6-14(9-13)21-3/h4-6,9,11-12H,7-8,10H2,1-3H3,(H,17,19)/t12-/m0/s1. The molecular formula is C16H22N2O3. The van der Waals surface area contributed by atoms with Gasteiger partial charge >= 0.3 is 0 Å². The number of carbonyl (C=O) groups excluding carboxylic acids is 2. The third-order valence-corrected chi connectivity index (χ3v) is 3.45. The number of hydrogen-bond acceptors (Lipinski definition) is 3. The number of nitrogens with zero attached hydrogens (tertiary/aromatic N) is 1. The molecule has 1 aliphatic heterocycles. The summed E-state index contributed by atoms with van der Waals surface area (Å²) in [6.07, 6.45) is 0.838. The van der Waals surface area contributed by atoms with Crippen LogP contribution in [-0.2, 0) is 9.59 Å². The molecule has 5 heteroatoms. The zero-order valence-electron chi connectivity index (χ0n) is 12.8. The molecule has 114 valence electrons. The van der Waals surface area contributed by atoms with E-state index in [4.69, 9.17) is 4.74 Å². The Morgan fingerprint density at radius 3 is 2.90 bits per heavy atom. The SMILES string of the molecule is COc1cccc(N2C[C@@H](NC(=O)CC(C)C)CC2=O)c1. The van der Waals surface area contributed by atoms with Gasteiger partial charge in [0.25, 0.3) is 0 Å². The molecule has 0 spiro atoms. The van der Waals surface area contributed by atoms with E-state index >= 15 is 0 Å². The predicted molar refractivity (Wildman–Crippen MR) is 81.3 cm³/mol. The zero-order valence-corrected chi connectivity index (χ0v) is 12.8. The van der Waals surface area contributed by atoms with Gasteiger partial charge in [-0.15, -0.1) is 0 Å². The van der Waals surface area contributed by atoms with E-state index in [1.54, 1.807) is 12.0 Å². The van der Waals surface area contributed by atoms with Crippen LogP contribution in [-0.4, -0.2) is 31.5 Å². The van der Waals surface area contributed by atoms with Gasteiger partial charge in [0.15, 0.2) is 0 Å². The van der Waals surface area contributed by atoms with Gasteiger partial charge in [-0.2, -0.15) is 0 Å². The lowest BCUT2D eigenvalue weighted by Gasteiger charge is -2.18. The van der Waals surface area contributed by atoms with Crippen LogP contribution in [0.3, 0.4) is 0 Å². The van der Waals surface area contributed by atoms with Crippen LogP contribution in [0, 0.1) is 5.92 Å². The minimum atomic E-state index is -0.116. The number of carbonyl (C=O) groups is 2. The fourth-order valence-corrected chi connectivity index (χ4v) is 2.49. The first-order chi connectivity index (χ1) is 9.99. The average Bonchev–Trinajstić information content (AvgIpc) is 2.78. The second-order valence-corrected chi connectivity index (χ2v) is 5.77. The Morgan fingerprint density at radius 2 is 2.24 bits per heavy atom. The highest BCUT2D eigenvalue weighted by molar-refractivity contribution is 5.97. The highest BCUT2D eigenvalue weighted by Crippen LogP contribution is 2.25. The lowest BCUT2D eigenvalue weighted by Crippen LogP contribution is -2.37. The van der Waals surface area contributed by atoms with Crippen LogP contribution in [0.5, 0.6) is 5.75 Å². The third kappa shape index (κ3) is 3.97. The molecule has 1 fully saturated rings. The van der Waals surface area contributed by atoms with Crippen LogP contribution < -0.4 is 15.0 Å².